The molecule has 0 saturated carbocycles. The highest BCUT2D eigenvalue weighted by Gasteiger charge is 2.11. The van der Waals surface area contributed by atoms with Crippen LogP contribution in [0.25, 0.3) is 0 Å². The van der Waals surface area contributed by atoms with Crippen LogP contribution in [0.5, 0.6) is 5.75 Å². The molecule has 0 aliphatic heterocycles. The first-order chi connectivity index (χ1) is 9.20. The molecule has 0 radical (unpaired) electrons. The Morgan fingerprint density at radius 3 is 2.47 bits per heavy atom. The molecular formula is C14H10ClNO3. The van der Waals surface area contributed by atoms with Crippen molar-refractivity contribution < 1.29 is 14.7 Å². The van der Waals surface area contributed by atoms with E-state index in [4.69, 9.17) is 21.5 Å². The van der Waals surface area contributed by atoms with E-state index in [1.165, 1.54) is 6.21 Å². The zero-order chi connectivity index (χ0) is 13.7. The van der Waals surface area contributed by atoms with E-state index < -0.39 is 5.97 Å². The number of oxime groups is 1. The molecule has 0 aromatic heterocycles. The normalized spacial score (nSPS) is 10.6. The molecule has 0 spiro atoms. The van der Waals surface area contributed by atoms with E-state index in [-0.39, 0.29) is 0 Å². The third kappa shape index (κ3) is 3.33. The molecule has 19 heavy (non-hydrogen) atoms. The van der Waals surface area contributed by atoms with Gasteiger partial charge in [-0.05, 0) is 42.0 Å². The molecule has 0 aliphatic carbocycles. The van der Waals surface area contributed by atoms with Crippen LogP contribution in [0.2, 0.25) is 5.02 Å². The van der Waals surface area contributed by atoms with E-state index in [0.29, 0.717) is 21.9 Å². The van der Waals surface area contributed by atoms with Crippen molar-refractivity contribution in [2.24, 2.45) is 5.16 Å². The summed E-state index contributed by atoms with van der Waals surface area (Å²) in [6.45, 7) is 0. The van der Waals surface area contributed by atoms with Crippen molar-refractivity contribution in [2.45, 2.75) is 0 Å². The van der Waals surface area contributed by atoms with Crippen LogP contribution in [-0.4, -0.2) is 17.4 Å². The quantitative estimate of drug-likeness (QED) is 0.307. The van der Waals surface area contributed by atoms with Crippen LogP contribution in [0.1, 0.15) is 15.9 Å². The highest BCUT2D eigenvalue weighted by Crippen LogP contribution is 2.18. The highest BCUT2D eigenvalue weighted by atomic mass is 35.5. The Bertz CT molecular complexity index is 608. The van der Waals surface area contributed by atoms with E-state index in [1.54, 1.807) is 48.5 Å². The fourth-order valence-corrected chi connectivity index (χ4v) is 1.69. The van der Waals surface area contributed by atoms with Crippen LogP contribution in [-0.2, 0) is 0 Å². The minimum atomic E-state index is -0.519. The van der Waals surface area contributed by atoms with Gasteiger partial charge >= 0.3 is 5.97 Å². The number of hydrogen-bond acceptors (Lipinski definition) is 4. The number of esters is 1. The van der Waals surface area contributed by atoms with Crippen molar-refractivity contribution in [3.8, 4) is 5.75 Å². The Hall–Kier alpha value is -2.33. The first-order valence-corrected chi connectivity index (χ1v) is 5.82. The lowest BCUT2D eigenvalue weighted by atomic mass is 10.2. The number of rotatable bonds is 3. The second kappa shape index (κ2) is 6.02. The lowest BCUT2D eigenvalue weighted by Gasteiger charge is -2.05. The number of ether oxygens (including phenoxy) is 1. The first-order valence-electron chi connectivity index (χ1n) is 5.45. The Balaban J connectivity index is 2.13. The summed E-state index contributed by atoms with van der Waals surface area (Å²) in [5.74, 6) is -0.130. The molecule has 96 valence electrons. The maximum absolute atomic E-state index is 11.9. The third-order valence-electron chi connectivity index (χ3n) is 2.39. The summed E-state index contributed by atoms with van der Waals surface area (Å²) in [5.41, 5.74) is 1.00. The smallest absolute Gasteiger partial charge is 0.345 e. The standard InChI is InChI=1S/C14H10ClNO3/c15-13-4-2-1-3-12(13)14(17)19-11-7-5-10(6-8-11)9-16-18/h1-9,18H/b16-9+. The zero-order valence-corrected chi connectivity index (χ0v) is 10.5. The van der Waals surface area contributed by atoms with Crippen LogP contribution in [0.15, 0.2) is 53.7 Å². The second-order valence-electron chi connectivity index (χ2n) is 3.68. The van der Waals surface area contributed by atoms with Crippen molar-refractivity contribution in [3.63, 3.8) is 0 Å². The molecule has 2 aromatic rings. The minimum absolute atomic E-state index is 0.310. The Labute approximate surface area is 114 Å². The highest BCUT2D eigenvalue weighted by molar-refractivity contribution is 6.33. The second-order valence-corrected chi connectivity index (χ2v) is 4.09. The number of carbonyl (C=O) groups excluding carboxylic acids is 1. The lowest BCUT2D eigenvalue weighted by Crippen LogP contribution is -2.08. The fraction of sp³-hybridized carbons (Fsp3) is 0. The van der Waals surface area contributed by atoms with Gasteiger partial charge in [-0.2, -0.15) is 0 Å². The average Bonchev–Trinajstić information content (AvgIpc) is 2.42. The summed E-state index contributed by atoms with van der Waals surface area (Å²) in [6, 6.07) is 13.2. The van der Waals surface area contributed by atoms with Crippen LogP contribution >= 0.6 is 11.6 Å². The van der Waals surface area contributed by atoms with Gasteiger partial charge < -0.3 is 9.94 Å². The van der Waals surface area contributed by atoms with Gasteiger partial charge in [0.2, 0.25) is 0 Å². The van der Waals surface area contributed by atoms with Crippen molar-refractivity contribution in [1.29, 1.82) is 0 Å². The fourth-order valence-electron chi connectivity index (χ4n) is 1.48. The van der Waals surface area contributed by atoms with Crippen molar-refractivity contribution in [3.05, 3.63) is 64.7 Å². The van der Waals surface area contributed by atoms with E-state index in [2.05, 4.69) is 5.16 Å². The molecule has 4 nitrogen and oxygen atoms in total. The predicted octanol–water partition coefficient (Wildman–Crippen LogP) is 3.37. The van der Waals surface area contributed by atoms with Crippen LogP contribution in [0, 0.1) is 0 Å². The van der Waals surface area contributed by atoms with Crippen LogP contribution in [0.4, 0.5) is 0 Å². The molecule has 0 aliphatic rings. The topological polar surface area (TPSA) is 58.9 Å². The maximum Gasteiger partial charge on any atom is 0.345 e. The van der Waals surface area contributed by atoms with Crippen LogP contribution < -0.4 is 4.74 Å². The maximum atomic E-state index is 11.9. The summed E-state index contributed by atoms with van der Waals surface area (Å²) in [7, 11) is 0. The number of hydrogen-bond donors (Lipinski definition) is 1. The molecule has 1 N–H and O–H groups in total. The average molecular weight is 276 g/mol. The summed E-state index contributed by atoms with van der Waals surface area (Å²) in [5, 5.41) is 11.6. The van der Waals surface area contributed by atoms with Gasteiger partial charge in [-0.25, -0.2) is 4.79 Å². The number of carbonyl (C=O) groups is 1. The van der Waals surface area contributed by atoms with Crippen LogP contribution in [0.3, 0.4) is 0 Å². The lowest BCUT2D eigenvalue weighted by molar-refractivity contribution is 0.0735. The largest absolute Gasteiger partial charge is 0.423 e. The molecule has 0 bridgehead atoms. The molecule has 0 amide bonds. The molecular weight excluding hydrogens is 266 g/mol. The van der Waals surface area contributed by atoms with Gasteiger partial charge in [0.1, 0.15) is 5.75 Å². The minimum Gasteiger partial charge on any atom is -0.423 e. The predicted molar refractivity (Wildman–Crippen MR) is 72.2 cm³/mol. The molecule has 0 atom stereocenters. The first kappa shape index (κ1) is 13.1. The van der Waals surface area contributed by atoms with E-state index in [9.17, 15) is 4.79 Å². The van der Waals surface area contributed by atoms with Gasteiger partial charge in [0, 0.05) is 0 Å². The number of benzene rings is 2. The van der Waals surface area contributed by atoms with Gasteiger partial charge in [-0.15, -0.1) is 0 Å². The van der Waals surface area contributed by atoms with E-state index in [0.717, 1.165) is 0 Å². The third-order valence-corrected chi connectivity index (χ3v) is 2.72. The van der Waals surface area contributed by atoms with E-state index >= 15 is 0 Å². The SMILES string of the molecule is O=C(Oc1ccc(/C=N/O)cc1)c1ccccc1Cl. The molecule has 0 fully saturated rings. The number of nitrogens with zero attached hydrogens (tertiary/aromatic N) is 1. The van der Waals surface area contributed by atoms with Crippen molar-refractivity contribution >= 4 is 23.8 Å². The van der Waals surface area contributed by atoms with Gasteiger partial charge in [0.15, 0.2) is 0 Å². The number of halogens is 1. The molecule has 2 rings (SSSR count). The summed E-state index contributed by atoms with van der Waals surface area (Å²) in [4.78, 5) is 11.9. The Kier molecular flexibility index (Phi) is 4.15. The molecule has 0 saturated heterocycles. The summed E-state index contributed by atoms with van der Waals surface area (Å²) >= 11 is 5.91. The summed E-state index contributed by atoms with van der Waals surface area (Å²) < 4.78 is 5.18. The monoisotopic (exact) mass is 275 g/mol. The van der Waals surface area contributed by atoms with Crippen molar-refractivity contribution in [1.82, 2.24) is 0 Å². The molecule has 0 unspecified atom stereocenters. The Morgan fingerprint density at radius 1 is 1.16 bits per heavy atom. The summed E-state index contributed by atoms with van der Waals surface area (Å²) in [6.07, 6.45) is 1.28. The van der Waals surface area contributed by atoms with Gasteiger partial charge in [0.05, 0.1) is 16.8 Å². The Morgan fingerprint density at radius 2 is 1.84 bits per heavy atom. The van der Waals surface area contributed by atoms with Crippen molar-refractivity contribution in [2.75, 3.05) is 0 Å². The molecule has 0 heterocycles. The van der Waals surface area contributed by atoms with Gasteiger partial charge in [-0.3, -0.25) is 0 Å². The van der Waals surface area contributed by atoms with E-state index in [1.807, 2.05) is 0 Å². The molecule has 5 heteroatoms. The van der Waals surface area contributed by atoms with Gasteiger partial charge in [0.25, 0.3) is 0 Å². The zero-order valence-electron chi connectivity index (χ0n) is 9.79. The molecule has 2 aromatic carbocycles. The van der Waals surface area contributed by atoms with Gasteiger partial charge in [-0.1, -0.05) is 28.9 Å².